The van der Waals surface area contributed by atoms with Crippen molar-refractivity contribution in [2.45, 2.75) is 39.7 Å². The van der Waals surface area contributed by atoms with E-state index in [9.17, 15) is 9.59 Å². The highest BCUT2D eigenvalue weighted by atomic mass is 16.4. The molecule has 1 rings (SSSR count). The van der Waals surface area contributed by atoms with Gasteiger partial charge in [-0.1, -0.05) is 27.7 Å². The molecule has 0 fully saturated rings. The number of carbonyl (C=O) groups excluding carboxylic acids is 1. The summed E-state index contributed by atoms with van der Waals surface area (Å²) in [5.41, 5.74) is 0. The van der Waals surface area contributed by atoms with Gasteiger partial charge in [-0.15, -0.1) is 5.10 Å². The van der Waals surface area contributed by atoms with Crippen molar-refractivity contribution in [3.05, 3.63) is 11.6 Å². The van der Waals surface area contributed by atoms with Gasteiger partial charge in [-0.3, -0.25) is 9.89 Å². The largest absolute Gasteiger partial charge is 0.480 e. The Balaban J connectivity index is 2.77. The zero-order valence-electron chi connectivity index (χ0n) is 10.9. The van der Waals surface area contributed by atoms with Crippen LogP contribution in [-0.2, 0) is 4.79 Å². The molecular weight excluding hydrogens is 236 g/mol. The predicted octanol–water partition coefficient (Wildman–Crippen LogP) is 0.767. The molecule has 0 saturated carbocycles. The van der Waals surface area contributed by atoms with E-state index in [-0.39, 0.29) is 17.7 Å². The standard InChI is InChI=1S/C11H18N4O3/c1-5(2)7(11(17)18)12-10(16)9-13-8(6(3)4)14-15-9/h5-7H,1-4H3,(H,12,16)(H,17,18)(H,13,14,15). The third kappa shape index (κ3) is 3.28. The summed E-state index contributed by atoms with van der Waals surface area (Å²) >= 11 is 0. The fraction of sp³-hybridized carbons (Fsp3) is 0.636. The summed E-state index contributed by atoms with van der Waals surface area (Å²) in [7, 11) is 0. The van der Waals surface area contributed by atoms with Gasteiger partial charge >= 0.3 is 5.97 Å². The van der Waals surface area contributed by atoms with Gasteiger partial charge in [-0.25, -0.2) is 9.78 Å². The number of nitrogens with one attached hydrogen (secondary N) is 2. The molecule has 0 aliphatic rings. The molecule has 1 aromatic rings. The molecule has 7 heteroatoms. The van der Waals surface area contributed by atoms with E-state index in [1.54, 1.807) is 13.8 Å². The summed E-state index contributed by atoms with van der Waals surface area (Å²) in [6.07, 6.45) is 0. The number of carboxylic acid groups (broad SMARTS) is 1. The molecule has 0 aromatic carbocycles. The average molecular weight is 254 g/mol. The predicted molar refractivity (Wildman–Crippen MR) is 64.2 cm³/mol. The van der Waals surface area contributed by atoms with Crippen LogP contribution in [0.1, 0.15) is 50.1 Å². The first-order valence-corrected chi connectivity index (χ1v) is 5.79. The minimum Gasteiger partial charge on any atom is -0.480 e. The first-order chi connectivity index (χ1) is 8.32. The fourth-order valence-electron chi connectivity index (χ4n) is 1.35. The molecule has 0 radical (unpaired) electrons. The lowest BCUT2D eigenvalue weighted by Gasteiger charge is -2.16. The lowest BCUT2D eigenvalue weighted by molar-refractivity contribution is -0.140. The molecular formula is C11H18N4O3. The van der Waals surface area contributed by atoms with Crippen molar-refractivity contribution >= 4 is 11.9 Å². The molecule has 0 spiro atoms. The second kappa shape index (κ2) is 5.61. The number of hydrogen-bond donors (Lipinski definition) is 3. The minimum absolute atomic E-state index is 0.0365. The smallest absolute Gasteiger partial charge is 0.326 e. The SMILES string of the molecule is CC(C)c1nc(C(=O)NC(C(=O)O)C(C)C)n[nH]1. The minimum atomic E-state index is -1.07. The van der Waals surface area contributed by atoms with Crippen molar-refractivity contribution in [1.29, 1.82) is 0 Å². The number of aromatic amines is 1. The van der Waals surface area contributed by atoms with Crippen LogP contribution < -0.4 is 5.32 Å². The van der Waals surface area contributed by atoms with Crippen molar-refractivity contribution in [2.75, 3.05) is 0 Å². The van der Waals surface area contributed by atoms with Gasteiger partial charge in [0.15, 0.2) is 0 Å². The van der Waals surface area contributed by atoms with Crippen molar-refractivity contribution in [1.82, 2.24) is 20.5 Å². The molecule has 3 N–H and O–H groups in total. The highest BCUT2D eigenvalue weighted by molar-refractivity contribution is 5.93. The maximum atomic E-state index is 11.8. The van der Waals surface area contributed by atoms with Crippen LogP contribution in [-0.4, -0.2) is 38.2 Å². The van der Waals surface area contributed by atoms with Crippen LogP contribution in [0.3, 0.4) is 0 Å². The van der Waals surface area contributed by atoms with Gasteiger partial charge in [-0.05, 0) is 5.92 Å². The number of hydrogen-bond acceptors (Lipinski definition) is 4. The molecule has 0 bridgehead atoms. The van der Waals surface area contributed by atoms with Gasteiger partial charge in [0.2, 0.25) is 5.82 Å². The van der Waals surface area contributed by atoms with Crippen LogP contribution in [0.25, 0.3) is 0 Å². The van der Waals surface area contributed by atoms with Crippen LogP contribution in [0.5, 0.6) is 0 Å². The van der Waals surface area contributed by atoms with E-state index in [0.717, 1.165) is 0 Å². The number of rotatable bonds is 5. The zero-order chi connectivity index (χ0) is 13.9. The summed E-state index contributed by atoms with van der Waals surface area (Å²) in [5.74, 6) is -1.19. The lowest BCUT2D eigenvalue weighted by atomic mass is 10.0. The van der Waals surface area contributed by atoms with E-state index in [1.165, 1.54) is 0 Å². The summed E-state index contributed by atoms with van der Waals surface area (Å²) in [6.45, 7) is 7.26. The van der Waals surface area contributed by atoms with E-state index < -0.39 is 17.9 Å². The molecule has 1 atom stereocenters. The van der Waals surface area contributed by atoms with Crippen molar-refractivity contribution in [2.24, 2.45) is 5.92 Å². The van der Waals surface area contributed by atoms with Crippen LogP contribution in [0.15, 0.2) is 0 Å². The Morgan fingerprint density at radius 2 is 1.89 bits per heavy atom. The van der Waals surface area contributed by atoms with Crippen molar-refractivity contribution < 1.29 is 14.7 Å². The highest BCUT2D eigenvalue weighted by Gasteiger charge is 2.25. The Morgan fingerprint density at radius 1 is 1.28 bits per heavy atom. The Morgan fingerprint density at radius 3 is 2.28 bits per heavy atom. The van der Waals surface area contributed by atoms with E-state index >= 15 is 0 Å². The maximum absolute atomic E-state index is 11.8. The number of carboxylic acids is 1. The zero-order valence-corrected chi connectivity index (χ0v) is 10.9. The molecule has 0 aliphatic heterocycles. The second-order valence-electron chi connectivity index (χ2n) is 4.73. The first kappa shape index (κ1) is 14.1. The summed E-state index contributed by atoms with van der Waals surface area (Å²) in [6, 6.07) is -0.946. The van der Waals surface area contributed by atoms with Gasteiger partial charge < -0.3 is 10.4 Å². The van der Waals surface area contributed by atoms with E-state index in [4.69, 9.17) is 5.11 Å². The Labute approximate surface area is 105 Å². The molecule has 7 nitrogen and oxygen atoms in total. The molecule has 0 aliphatic carbocycles. The maximum Gasteiger partial charge on any atom is 0.326 e. The second-order valence-corrected chi connectivity index (χ2v) is 4.73. The third-order valence-electron chi connectivity index (χ3n) is 2.47. The normalized spacial score (nSPS) is 12.8. The monoisotopic (exact) mass is 254 g/mol. The Kier molecular flexibility index (Phi) is 4.41. The Hall–Kier alpha value is -1.92. The first-order valence-electron chi connectivity index (χ1n) is 5.79. The molecule has 18 heavy (non-hydrogen) atoms. The van der Waals surface area contributed by atoms with Gasteiger partial charge in [0.1, 0.15) is 11.9 Å². The summed E-state index contributed by atoms with van der Waals surface area (Å²) in [5, 5.41) is 17.8. The highest BCUT2D eigenvalue weighted by Crippen LogP contribution is 2.08. The fourth-order valence-corrected chi connectivity index (χ4v) is 1.35. The van der Waals surface area contributed by atoms with Crippen LogP contribution in [0, 0.1) is 5.92 Å². The number of carbonyl (C=O) groups is 2. The van der Waals surface area contributed by atoms with E-state index in [1.807, 2.05) is 13.8 Å². The number of aromatic nitrogens is 3. The molecule has 1 unspecified atom stereocenters. The van der Waals surface area contributed by atoms with Crippen molar-refractivity contribution in [3.8, 4) is 0 Å². The van der Waals surface area contributed by atoms with E-state index in [2.05, 4.69) is 20.5 Å². The average Bonchev–Trinajstić information content (AvgIpc) is 2.73. The molecule has 1 aromatic heterocycles. The van der Waals surface area contributed by atoms with Crippen LogP contribution in [0.4, 0.5) is 0 Å². The number of aliphatic carboxylic acids is 1. The summed E-state index contributed by atoms with van der Waals surface area (Å²) < 4.78 is 0. The Bertz CT molecular complexity index is 439. The number of nitrogens with zero attached hydrogens (tertiary/aromatic N) is 2. The molecule has 1 amide bonds. The number of H-pyrrole nitrogens is 1. The lowest BCUT2D eigenvalue weighted by Crippen LogP contribution is -2.44. The van der Waals surface area contributed by atoms with Gasteiger partial charge in [0.25, 0.3) is 5.91 Å². The quantitative estimate of drug-likeness (QED) is 0.719. The van der Waals surface area contributed by atoms with E-state index in [0.29, 0.717) is 5.82 Å². The summed E-state index contributed by atoms with van der Waals surface area (Å²) in [4.78, 5) is 26.7. The van der Waals surface area contributed by atoms with Gasteiger partial charge in [0.05, 0.1) is 0 Å². The van der Waals surface area contributed by atoms with Gasteiger partial charge in [0, 0.05) is 5.92 Å². The molecule has 0 saturated heterocycles. The topological polar surface area (TPSA) is 108 Å². The van der Waals surface area contributed by atoms with Gasteiger partial charge in [-0.2, -0.15) is 0 Å². The molecule has 100 valence electrons. The van der Waals surface area contributed by atoms with Crippen molar-refractivity contribution in [3.63, 3.8) is 0 Å². The number of amides is 1. The van der Waals surface area contributed by atoms with Crippen LogP contribution in [0.2, 0.25) is 0 Å². The van der Waals surface area contributed by atoms with Crippen LogP contribution >= 0.6 is 0 Å². The molecule has 1 heterocycles. The third-order valence-corrected chi connectivity index (χ3v) is 2.47.